The minimum absolute atomic E-state index is 0.138. The molecular weight excluding hydrogens is 276 g/mol. The molecule has 0 bridgehead atoms. The molecule has 1 saturated carbocycles. The quantitative estimate of drug-likeness (QED) is 0.788. The standard InChI is InChI=1S/C18H22N2O2/c1-19(13-17-8-5-11-22-17)18(21)14-20(16-9-10-16)12-15-6-3-2-4-7-15/h2-8,11,16H,9-10,12-14H2,1H3. The first-order valence-corrected chi connectivity index (χ1v) is 7.76. The Bertz CT molecular complexity index is 591. The molecule has 0 radical (unpaired) electrons. The van der Waals surface area contributed by atoms with Crippen molar-refractivity contribution in [3.63, 3.8) is 0 Å². The van der Waals surface area contributed by atoms with Crippen molar-refractivity contribution in [3.8, 4) is 0 Å². The van der Waals surface area contributed by atoms with Crippen molar-refractivity contribution >= 4 is 5.91 Å². The summed E-state index contributed by atoms with van der Waals surface area (Å²) >= 11 is 0. The molecule has 0 unspecified atom stereocenters. The normalized spacial score (nSPS) is 14.3. The maximum absolute atomic E-state index is 12.4. The number of likely N-dealkylation sites (N-methyl/N-ethyl adjacent to an activating group) is 1. The molecular formula is C18H22N2O2. The summed E-state index contributed by atoms with van der Waals surface area (Å²) < 4.78 is 5.31. The van der Waals surface area contributed by atoms with E-state index in [4.69, 9.17) is 4.42 Å². The van der Waals surface area contributed by atoms with Crippen LogP contribution in [0.5, 0.6) is 0 Å². The average Bonchev–Trinajstić information content (AvgIpc) is 3.25. The zero-order valence-corrected chi connectivity index (χ0v) is 12.9. The number of nitrogens with zero attached hydrogens (tertiary/aromatic N) is 2. The van der Waals surface area contributed by atoms with Gasteiger partial charge in [0.2, 0.25) is 5.91 Å². The Balaban J connectivity index is 1.57. The lowest BCUT2D eigenvalue weighted by atomic mass is 10.2. The predicted molar refractivity (Wildman–Crippen MR) is 85.1 cm³/mol. The van der Waals surface area contributed by atoms with Crippen molar-refractivity contribution in [2.75, 3.05) is 13.6 Å². The minimum atomic E-state index is 0.138. The van der Waals surface area contributed by atoms with Crippen molar-refractivity contribution in [1.29, 1.82) is 0 Å². The summed E-state index contributed by atoms with van der Waals surface area (Å²) in [5.41, 5.74) is 1.26. The second kappa shape index (κ2) is 6.79. The van der Waals surface area contributed by atoms with Crippen LogP contribution in [0, 0.1) is 0 Å². The van der Waals surface area contributed by atoms with E-state index in [-0.39, 0.29) is 5.91 Å². The first-order chi connectivity index (χ1) is 10.7. The van der Waals surface area contributed by atoms with Crippen LogP contribution in [-0.2, 0) is 17.9 Å². The summed E-state index contributed by atoms with van der Waals surface area (Å²) in [5, 5.41) is 0. The molecule has 3 rings (SSSR count). The molecule has 4 heteroatoms. The predicted octanol–water partition coefficient (Wildman–Crippen LogP) is 2.90. The Morgan fingerprint density at radius 3 is 2.55 bits per heavy atom. The maximum Gasteiger partial charge on any atom is 0.236 e. The van der Waals surface area contributed by atoms with Gasteiger partial charge in [-0.3, -0.25) is 9.69 Å². The molecule has 22 heavy (non-hydrogen) atoms. The average molecular weight is 298 g/mol. The Labute approximate surface area is 131 Å². The molecule has 0 atom stereocenters. The van der Waals surface area contributed by atoms with Crippen LogP contribution in [0.3, 0.4) is 0 Å². The fourth-order valence-electron chi connectivity index (χ4n) is 2.59. The molecule has 1 amide bonds. The third kappa shape index (κ3) is 3.98. The van der Waals surface area contributed by atoms with E-state index in [1.165, 1.54) is 18.4 Å². The Hall–Kier alpha value is -2.07. The van der Waals surface area contributed by atoms with Gasteiger partial charge in [0.05, 0.1) is 19.4 Å². The second-order valence-corrected chi connectivity index (χ2v) is 5.95. The van der Waals surface area contributed by atoms with Gasteiger partial charge in [0.25, 0.3) is 0 Å². The van der Waals surface area contributed by atoms with Crippen LogP contribution in [0.1, 0.15) is 24.2 Å². The van der Waals surface area contributed by atoms with Crippen LogP contribution < -0.4 is 0 Å². The molecule has 4 nitrogen and oxygen atoms in total. The van der Waals surface area contributed by atoms with E-state index in [0.29, 0.717) is 19.1 Å². The first-order valence-electron chi connectivity index (χ1n) is 7.76. The van der Waals surface area contributed by atoms with E-state index in [1.54, 1.807) is 11.2 Å². The molecule has 1 aliphatic carbocycles. The van der Waals surface area contributed by atoms with Gasteiger partial charge in [0.15, 0.2) is 0 Å². The fraction of sp³-hybridized carbons (Fsp3) is 0.389. The van der Waals surface area contributed by atoms with E-state index in [2.05, 4.69) is 17.0 Å². The molecule has 1 aliphatic rings. The van der Waals surface area contributed by atoms with Gasteiger partial charge in [-0.2, -0.15) is 0 Å². The number of carbonyl (C=O) groups is 1. The third-order valence-corrected chi connectivity index (χ3v) is 4.03. The van der Waals surface area contributed by atoms with E-state index in [1.807, 2.05) is 37.4 Å². The van der Waals surface area contributed by atoms with E-state index in [9.17, 15) is 4.79 Å². The topological polar surface area (TPSA) is 36.7 Å². The number of hydrogen-bond donors (Lipinski definition) is 0. The molecule has 1 fully saturated rings. The van der Waals surface area contributed by atoms with Crippen LogP contribution in [0.4, 0.5) is 0 Å². The summed E-state index contributed by atoms with van der Waals surface area (Å²) in [6.07, 6.45) is 4.03. The van der Waals surface area contributed by atoms with Gasteiger partial charge in [-0.05, 0) is 30.5 Å². The fourth-order valence-corrected chi connectivity index (χ4v) is 2.59. The van der Waals surface area contributed by atoms with Gasteiger partial charge < -0.3 is 9.32 Å². The highest BCUT2D eigenvalue weighted by molar-refractivity contribution is 5.78. The van der Waals surface area contributed by atoms with Crippen molar-refractivity contribution in [3.05, 3.63) is 60.1 Å². The van der Waals surface area contributed by atoms with E-state index < -0.39 is 0 Å². The summed E-state index contributed by atoms with van der Waals surface area (Å²) in [6, 6.07) is 14.6. The highest BCUT2D eigenvalue weighted by atomic mass is 16.3. The monoisotopic (exact) mass is 298 g/mol. The molecule has 2 aromatic rings. The summed E-state index contributed by atoms with van der Waals surface area (Å²) in [4.78, 5) is 16.5. The zero-order valence-electron chi connectivity index (χ0n) is 12.9. The second-order valence-electron chi connectivity index (χ2n) is 5.95. The van der Waals surface area contributed by atoms with Crippen molar-refractivity contribution in [2.45, 2.75) is 32.0 Å². The largest absolute Gasteiger partial charge is 0.467 e. The zero-order chi connectivity index (χ0) is 15.4. The number of furan rings is 1. The van der Waals surface area contributed by atoms with Gasteiger partial charge in [-0.25, -0.2) is 0 Å². The van der Waals surface area contributed by atoms with Crippen LogP contribution >= 0.6 is 0 Å². The molecule has 116 valence electrons. The van der Waals surface area contributed by atoms with Crippen LogP contribution in [-0.4, -0.2) is 35.3 Å². The number of hydrogen-bond acceptors (Lipinski definition) is 3. The SMILES string of the molecule is CN(Cc1ccco1)C(=O)CN(Cc1ccccc1)C1CC1. The van der Waals surface area contributed by atoms with Crippen molar-refractivity contribution in [2.24, 2.45) is 0 Å². The van der Waals surface area contributed by atoms with Gasteiger partial charge in [-0.1, -0.05) is 30.3 Å². The first kappa shape index (κ1) is 14.9. The lowest BCUT2D eigenvalue weighted by Gasteiger charge is -2.24. The van der Waals surface area contributed by atoms with Crippen LogP contribution in [0.25, 0.3) is 0 Å². The minimum Gasteiger partial charge on any atom is -0.467 e. The lowest BCUT2D eigenvalue weighted by Crippen LogP contribution is -2.38. The number of rotatable bonds is 7. The van der Waals surface area contributed by atoms with E-state index in [0.717, 1.165) is 12.3 Å². The molecule has 0 saturated heterocycles. The van der Waals surface area contributed by atoms with Crippen LogP contribution in [0.15, 0.2) is 53.1 Å². The molecule has 1 aromatic carbocycles. The molecule has 1 aromatic heterocycles. The third-order valence-electron chi connectivity index (χ3n) is 4.03. The number of carbonyl (C=O) groups excluding carboxylic acids is 1. The summed E-state index contributed by atoms with van der Waals surface area (Å²) in [6.45, 7) is 1.83. The molecule has 1 heterocycles. The van der Waals surface area contributed by atoms with E-state index >= 15 is 0 Å². The molecule has 0 spiro atoms. The summed E-state index contributed by atoms with van der Waals surface area (Å²) in [5.74, 6) is 0.955. The summed E-state index contributed by atoms with van der Waals surface area (Å²) in [7, 11) is 1.83. The van der Waals surface area contributed by atoms with Gasteiger partial charge in [0, 0.05) is 19.6 Å². The number of amides is 1. The van der Waals surface area contributed by atoms with Gasteiger partial charge >= 0.3 is 0 Å². The Kier molecular flexibility index (Phi) is 4.59. The van der Waals surface area contributed by atoms with Gasteiger partial charge in [-0.15, -0.1) is 0 Å². The highest BCUT2D eigenvalue weighted by Gasteiger charge is 2.30. The highest BCUT2D eigenvalue weighted by Crippen LogP contribution is 2.28. The van der Waals surface area contributed by atoms with Gasteiger partial charge in [0.1, 0.15) is 5.76 Å². The molecule has 0 aliphatic heterocycles. The Morgan fingerprint density at radius 2 is 1.91 bits per heavy atom. The maximum atomic E-state index is 12.4. The lowest BCUT2D eigenvalue weighted by molar-refractivity contribution is -0.132. The van der Waals surface area contributed by atoms with Crippen LogP contribution in [0.2, 0.25) is 0 Å². The number of benzene rings is 1. The molecule has 0 N–H and O–H groups in total. The van der Waals surface area contributed by atoms with Crippen molar-refractivity contribution < 1.29 is 9.21 Å². The van der Waals surface area contributed by atoms with Crippen molar-refractivity contribution in [1.82, 2.24) is 9.80 Å². The Morgan fingerprint density at radius 1 is 1.14 bits per heavy atom. The smallest absolute Gasteiger partial charge is 0.236 e.